The van der Waals surface area contributed by atoms with E-state index in [0.717, 1.165) is 30.5 Å². The molecule has 0 saturated carbocycles. The molecule has 180 valence electrons. The molecule has 0 bridgehead atoms. The fourth-order valence-corrected chi connectivity index (χ4v) is 3.78. The maximum absolute atomic E-state index is 12.5. The second kappa shape index (κ2) is 10.4. The average molecular weight is 476 g/mol. The van der Waals surface area contributed by atoms with Gasteiger partial charge in [-0.15, -0.1) is 0 Å². The SMILES string of the molecule is Cc1c(OC(=O)Nc2ccc3c(c2)OCO3)oc2cccc(OCCCNCc3cccnc3)c12. The van der Waals surface area contributed by atoms with Crippen molar-refractivity contribution in [3.63, 3.8) is 0 Å². The fourth-order valence-electron chi connectivity index (χ4n) is 3.78. The second-order valence-electron chi connectivity index (χ2n) is 7.97. The summed E-state index contributed by atoms with van der Waals surface area (Å²) >= 11 is 0. The Morgan fingerprint density at radius 1 is 1.11 bits per heavy atom. The molecule has 5 rings (SSSR count). The zero-order valence-electron chi connectivity index (χ0n) is 19.2. The van der Waals surface area contributed by atoms with Crippen molar-refractivity contribution in [3.05, 3.63) is 72.1 Å². The Labute approximate surface area is 202 Å². The lowest BCUT2D eigenvalue weighted by Crippen LogP contribution is -2.17. The molecule has 0 aliphatic carbocycles. The number of ether oxygens (including phenoxy) is 4. The first-order chi connectivity index (χ1) is 17.2. The number of aryl methyl sites for hydroxylation is 1. The summed E-state index contributed by atoms with van der Waals surface area (Å²) in [5.41, 5.74) is 2.93. The minimum Gasteiger partial charge on any atom is -0.493 e. The minimum atomic E-state index is -0.673. The molecule has 0 saturated heterocycles. The number of anilines is 1. The molecule has 2 aromatic carbocycles. The van der Waals surface area contributed by atoms with Crippen LogP contribution in [0.5, 0.6) is 23.2 Å². The number of furan rings is 1. The van der Waals surface area contributed by atoms with Crippen LogP contribution in [0.1, 0.15) is 17.5 Å². The van der Waals surface area contributed by atoms with Crippen molar-refractivity contribution in [3.8, 4) is 23.2 Å². The Morgan fingerprint density at radius 3 is 2.91 bits per heavy atom. The van der Waals surface area contributed by atoms with Gasteiger partial charge in [0.1, 0.15) is 11.3 Å². The number of benzene rings is 2. The highest BCUT2D eigenvalue weighted by molar-refractivity contribution is 5.91. The Balaban J connectivity index is 1.17. The lowest BCUT2D eigenvalue weighted by Gasteiger charge is -2.08. The largest absolute Gasteiger partial charge is 0.493 e. The minimum absolute atomic E-state index is 0.118. The number of aromatic nitrogens is 1. The smallest absolute Gasteiger partial charge is 0.419 e. The standard InChI is InChI=1S/C26H25N3O6/c1-17-24-21(31-12-4-11-28-15-18-5-3-10-27-14-18)6-2-7-22(24)34-25(17)35-26(30)29-19-8-9-20-23(13-19)33-16-32-20/h2-3,5-10,13-14,28H,4,11-12,15-16H2,1H3,(H,29,30). The van der Waals surface area contributed by atoms with Crippen LogP contribution in [-0.4, -0.2) is 31.0 Å². The van der Waals surface area contributed by atoms with Crippen molar-refractivity contribution >= 4 is 22.7 Å². The van der Waals surface area contributed by atoms with Gasteiger partial charge in [-0.2, -0.15) is 0 Å². The zero-order valence-corrected chi connectivity index (χ0v) is 19.2. The van der Waals surface area contributed by atoms with Crippen LogP contribution in [-0.2, 0) is 6.54 Å². The van der Waals surface area contributed by atoms with Crippen LogP contribution >= 0.6 is 0 Å². The summed E-state index contributed by atoms with van der Waals surface area (Å²) < 4.78 is 27.9. The lowest BCUT2D eigenvalue weighted by atomic mass is 10.1. The van der Waals surface area contributed by atoms with Crippen molar-refractivity contribution in [2.45, 2.75) is 19.9 Å². The monoisotopic (exact) mass is 475 g/mol. The molecule has 2 aromatic heterocycles. The van der Waals surface area contributed by atoms with Gasteiger partial charge < -0.3 is 28.7 Å². The van der Waals surface area contributed by atoms with Gasteiger partial charge in [0, 0.05) is 36.3 Å². The maximum atomic E-state index is 12.5. The Morgan fingerprint density at radius 2 is 2.03 bits per heavy atom. The van der Waals surface area contributed by atoms with E-state index < -0.39 is 6.09 Å². The first-order valence-corrected chi connectivity index (χ1v) is 11.3. The number of hydrogen-bond donors (Lipinski definition) is 2. The summed E-state index contributed by atoms with van der Waals surface area (Å²) in [6, 6.07) is 14.6. The summed E-state index contributed by atoms with van der Waals surface area (Å²) in [5, 5.41) is 6.83. The molecular weight excluding hydrogens is 450 g/mol. The van der Waals surface area contributed by atoms with Crippen molar-refractivity contribution < 1.29 is 28.2 Å². The predicted octanol–water partition coefficient (Wildman–Crippen LogP) is 5.03. The number of nitrogens with zero attached hydrogens (tertiary/aromatic N) is 1. The molecule has 0 fully saturated rings. The van der Waals surface area contributed by atoms with Gasteiger partial charge in [-0.3, -0.25) is 10.3 Å². The number of rotatable bonds is 9. The van der Waals surface area contributed by atoms with E-state index in [9.17, 15) is 4.79 Å². The van der Waals surface area contributed by atoms with E-state index in [1.807, 2.05) is 43.5 Å². The highest BCUT2D eigenvalue weighted by Crippen LogP contribution is 2.38. The summed E-state index contributed by atoms with van der Waals surface area (Å²) in [4.78, 5) is 16.6. The third-order valence-electron chi connectivity index (χ3n) is 5.48. The number of hydrogen-bond acceptors (Lipinski definition) is 8. The number of carbonyl (C=O) groups excluding carboxylic acids is 1. The molecule has 1 aliphatic heterocycles. The number of carbonyl (C=O) groups is 1. The van der Waals surface area contributed by atoms with Gasteiger partial charge in [0.15, 0.2) is 11.5 Å². The molecule has 2 N–H and O–H groups in total. The van der Waals surface area contributed by atoms with Gasteiger partial charge in [0.05, 0.1) is 12.0 Å². The van der Waals surface area contributed by atoms with Crippen molar-refractivity contribution in [2.75, 3.05) is 25.3 Å². The highest BCUT2D eigenvalue weighted by atomic mass is 16.7. The first kappa shape index (κ1) is 22.5. The molecule has 1 aliphatic rings. The molecule has 3 heterocycles. The molecule has 0 unspecified atom stereocenters. The topological polar surface area (TPSA) is 104 Å². The number of nitrogens with one attached hydrogen (secondary N) is 2. The second-order valence-corrected chi connectivity index (χ2v) is 7.97. The van der Waals surface area contributed by atoms with Crippen LogP contribution in [0.15, 0.2) is 65.3 Å². The number of pyridine rings is 1. The number of fused-ring (bicyclic) bond motifs is 2. The Kier molecular flexibility index (Phi) is 6.67. The predicted molar refractivity (Wildman–Crippen MR) is 129 cm³/mol. The molecule has 0 spiro atoms. The Hall–Kier alpha value is -4.24. The molecule has 0 radical (unpaired) electrons. The van der Waals surface area contributed by atoms with Gasteiger partial charge in [-0.05, 0) is 55.8 Å². The van der Waals surface area contributed by atoms with E-state index in [1.54, 1.807) is 24.4 Å². The van der Waals surface area contributed by atoms with Gasteiger partial charge in [0.25, 0.3) is 5.95 Å². The summed E-state index contributed by atoms with van der Waals surface area (Å²) in [5.74, 6) is 2.00. The van der Waals surface area contributed by atoms with Crippen LogP contribution in [0.25, 0.3) is 11.0 Å². The molecule has 4 aromatic rings. The zero-order chi connectivity index (χ0) is 24.0. The summed E-state index contributed by atoms with van der Waals surface area (Å²) in [7, 11) is 0. The normalized spacial score (nSPS) is 12.0. The van der Waals surface area contributed by atoms with E-state index in [0.29, 0.717) is 40.7 Å². The maximum Gasteiger partial charge on any atom is 0.419 e. The van der Waals surface area contributed by atoms with E-state index in [-0.39, 0.29) is 12.7 Å². The molecule has 1 amide bonds. The van der Waals surface area contributed by atoms with Gasteiger partial charge in [0.2, 0.25) is 6.79 Å². The Bertz CT molecular complexity index is 1320. The highest BCUT2D eigenvalue weighted by Gasteiger charge is 2.20. The van der Waals surface area contributed by atoms with Crippen LogP contribution in [0.4, 0.5) is 10.5 Å². The van der Waals surface area contributed by atoms with Gasteiger partial charge in [-0.1, -0.05) is 12.1 Å². The van der Waals surface area contributed by atoms with Gasteiger partial charge in [-0.25, -0.2) is 4.79 Å². The molecular formula is C26H25N3O6. The fraction of sp³-hybridized carbons (Fsp3) is 0.231. The van der Waals surface area contributed by atoms with Crippen molar-refractivity contribution in [1.29, 1.82) is 0 Å². The van der Waals surface area contributed by atoms with E-state index in [1.165, 1.54) is 0 Å². The first-order valence-electron chi connectivity index (χ1n) is 11.3. The average Bonchev–Trinajstić information content (AvgIpc) is 3.46. The summed E-state index contributed by atoms with van der Waals surface area (Å²) in [6.45, 7) is 4.10. The third-order valence-corrected chi connectivity index (χ3v) is 5.48. The summed E-state index contributed by atoms with van der Waals surface area (Å²) in [6.07, 6.45) is 3.77. The number of amides is 1. The van der Waals surface area contributed by atoms with Crippen molar-refractivity contribution in [1.82, 2.24) is 10.3 Å². The molecule has 35 heavy (non-hydrogen) atoms. The van der Waals surface area contributed by atoms with Crippen molar-refractivity contribution in [2.24, 2.45) is 0 Å². The van der Waals surface area contributed by atoms with Crippen LogP contribution in [0.3, 0.4) is 0 Å². The van der Waals surface area contributed by atoms with E-state index in [4.69, 9.17) is 23.4 Å². The van der Waals surface area contributed by atoms with Crippen LogP contribution in [0.2, 0.25) is 0 Å². The lowest BCUT2D eigenvalue weighted by molar-refractivity contribution is 0.174. The van der Waals surface area contributed by atoms with Crippen LogP contribution in [0, 0.1) is 6.92 Å². The molecule has 9 nitrogen and oxygen atoms in total. The molecule has 9 heteroatoms. The third kappa shape index (κ3) is 5.30. The van der Waals surface area contributed by atoms with E-state index >= 15 is 0 Å². The van der Waals surface area contributed by atoms with Crippen LogP contribution < -0.4 is 29.6 Å². The van der Waals surface area contributed by atoms with E-state index in [2.05, 4.69) is 15.6 Å². The molecule has 0 atom stereocenters. The quantitative estimate of drug-likeness (QED) is 0.325. The van der Waals surface area contributed by atoms with Gasteiger partial charge >= 0.3 is 6.09 Å².